The molecule has 1 aromatic carbocycles. The Balaban J connectivity index is 1.88. The first kappa shape index (κ1) is 9.46. The van der Waals surface area contributed by atoms with Crippen molar-refractivity contribution >= 4 is 11.8 Å². The predicted octanol–water partition coefficient (Wildman–Crippen LogP) is 2.54. The van der Waals surface area contributed by atoms with Crippen LogP contribution in [0.1, 0.15) is 10.8 Å². The molecule has 2 rings (SSSR count). The Morgan fingerprint density at radius 3 is 2.79 bits per heavy atom. The van der Waals surface area contributed by atoms with Gasteiger partial charge in [-0.25, -0.2) is 0 Å². The first-order chi connectivity index (χ1) is 6.90. The summed E-state index contributed by atoms with van der Waals surface area (Å²) in [5, 5.41) is 3.62. The Labute approximate surface area is 88.3 Å². The van der Waals surface area contributed by atoms with Gasteiger partial charge in [-0.1, -0.05) is 18.7 Å². The molecule has 2 nitrogen and oxygen atoms in total. The average Bonchev–Trinajstić information content (AvgIpc) is 3.03. The van der Waals surface area contributed by atoms with Crippen molar-refractivity contribution in [3.8, 4) is 5.75 Å². The third kappa shape index (κ3) is 2.45. The van der Waals surface area contributed by atoms with Crippen LogP contribution in [0, 0.1) is 0 Å². The van der Waals surface area contributed by atoms with Gasteiger partial charge in [-0.15, -0.1) is 0 Å². The molecular formula is C11H13NOS. The third-order valence-electron chi connectivity index (χ3n) is 2.05. The van der Waals surface area contributed by atoms with Crippen LogP contribution in [0.25, 0.3) is 0 Å². The van der Waals surface area contributed by atoms with E-state index in [-0.39, 0.29) is 0 Å². The van der Waals surface area contributed by atoms with Crippen LogP contribution in [0.4, 0.5) is 0 Å². The van der Waals surface area contributed by atoms with Gasteiger partial charge in [-0.05, 0) is 23.9 Å². The smallest absolute Gasteiger partial charge is 0.158 e. The van der Waals surface area contributed by atoms with Crippen LogP contribution in [0.5, 0.6) is 5.75 Å². The molecule has 14 heavy (non-hydrogen) atoms. The maximum Gasteiger partial charge on any atom is 0.158 e. The Kier molecular flexibility index (Phi) is 2.99. The average molecular weight is 207 g/mol. The fourth-order valence-corrected chi connectivity index (χ4v) is 1.84. The van der Waals surface area contributed by atoms with E-state index in [1.54, 1.807) is 6.20 Å². The fourth-order valence-electron chi connectivity index (χ4n) is 1.20. The molecule has 0 aliphatic carbocycles. The number of rotatable bonds is 5. The lowest BCUT2D eigenvalue weighted by atomic mass is 10.2. The first-order valence-corrected chi connectivity index (χ1v) is 5.63. The lowest BCUT2D eigenvalue weighted by molar-refractivity contribution is 0.303. The highest BCUT2D eigenvalue weighted by atomic mass is 32.2. The van der Waals surface area contributed by atoms with Crippen molar-refractivity contribution in [1.29, 1.82) is 0 Å². The van der Waals surface area contributed by atoms with Crippen molar-refractivity contribution in [2.24, 2.45) is 0 Å². The van der Waals surface area contributed by atoms with Crippen molar-refractivity contribution in [2.75, 3.05) is 12.5 Å². The SMILES string of the molecule is C=CNCOc1ccc(C2CS2)cc1. The van der Waals surface area contributed by atoms with Crippen LogP contribution >= 0.6 is 11.8 Å². The van der Waals surface area contributed by atoms with E-state index in [0.717, 1.165) is 11.0 Å². The van der Waals surface area contributed by atoms with E-state index in [9.17, 15) is 0 Å². The zero-order valence-electron chi connectivity index (χ0n) is 7.90. The highest BCUT2D eigenvalue weighted by Gasteiger charge is 2.23. The van der Waals surface area contributed by atoms with E-state index < -0.39 is 0 Å². The van der Waals surface area contributed by atoms with E-state index in [0.29, 0.717) is 6.73 Å². The van der Waals surface area contributed by atoms with E-state index in [4.69, 9.17) is 4.74 Å². The van der Waals surface area contributed by atoms with Gasteiger partial charge in [0, 0.05) is 11.0 Å². The Morgan fingerprint density at radius 1 is 1.50 bits per heavy atom. The Hall–Kier alpha value is -1.09. The summed E-state index contributed by atoms with van der Waals surface area (Å²) < 4.78 is 5.41. The van der Waals surface area contributed by atoms with E-state index in [1.165, 1.54) is 11.3 Å². The minimum atomic E-state index is 0.473. The van der Waals surface area contributed by atoms with Gasteiger partial charge in [0.25, 0.3) is 0 Å². The van der Waals surface area contributed by atoms with Crippen molar-refractivity contribution in [1.82, 2.24) is 5.32 Å². The summed E-state index contributed by atoms with van der Waals surface area (Å²) in [6.07, 6.45) is 1.62. The number of hydrogen-bond donors (Lipinski definition) is 1. The summed E-state index contributed by atoms with van der Waals surface area (Å²) in [4.78, 5) is 0. The van der Waals surface area contributed by atoms with Crippen LogP contribution in [0.3, 0.4) is 0 Å². The molecule has 0 aromatic heterocycles. The molecule has 1 heterocycles. The van der Waals surface area contributed by atoms with E-state index in [2.05, 4.69) is 24.0 Å². The monoisotopic (exact) mass is 207 g/mol. The second-order valence-corrected chi connectivity index (χ2v) is 4.32. The van der Waals surface area contributed by atoms with Crippen LogP contribution in [0.15, 0.2) is 37.0 Å². The molecule has 0 saturated carbocycles. The molecule has 1 aliphatic heterocycles. The Morgan fingerprint density at radius 2 is 2.21 bits per heavy atom. The summed E-state index contributed by atoms with van der Waals surface area (Å²) in [7, 11) is 0. The number of thioether (sulfide) groups is 1. The summed E-state index contributed by atoms with van der Waals surface area (Å²) in [5.74, 6) is 2.16. The molecule has 0 radical (unpaired) electrons. The van der Waals surface area contributed by atoms with Gasteiger partial charge in [0.05, 0.1) is 0 Å². The molecule has 3 heteroatoms. The molecule has 1 aliphatic rings. The zero-order chi connectivity index (χ0) is 9.80. The van der Waals surface area contributed by atoms with Gasteiger partial charge < -0.3 is 10.1 Å². The van der Waals surface area contributed by atoms with Crippen molar-refractivity contribution < 1.29 is 4.74 Å². The summed E-state index contributed by atoms with van der Waals surface area (Å²) in [6.45, 7) is 4.02. The molecule has 1 atom stereocenters. The maximum atomic E-state index is 5.41. The zero-order valence-corrected chi connectivity index (χ0v) is 8.72. The quantitative estimate of drug-likeness (QED) is 0.455. The van der Waals surface area contributed by atoms with Gasteiger partial charge in [-0.3, -0.25) is 0 Å². The molecule has 1 fully saturated rings. The van der Waals surface area contributed by atoms with Crippen LogP contribution in [-0.2, 0) is 0 Å². The summed E-state index contributed by atoms with van der Waals surface area (Å²) in [6, 6.07) is 8.29. The fraction of sp³-hybridized carbons (Fsp3) is 0.273. The number of hydrogen-bond acceptors (Lipinski definition) is 3. The van der Waals surface area contributed by atoms with E-state index in [1.807, 2.05) is 23.9 Å². The molecule has 0 amide bonds. The standard InChI is InChI=1S/C11H13NOS/c1-2-12-8-13-10-5-3-9(4-6-10)11-7-14-11/h2-6,11-12H,1,7-8H2. The van der Waals surface area contributed by atoms with Gasteiger partial charge in [0.1, 0.15) is 5.75 Å². The maximum absolute atomic E-state index is 5.41. The van der Waals surface area contributed by atoms with Gasteiger partial charge in [0.15, 0.2) is 6.73 Å². The Bertz CT molecular complexity index is 306. The molecule has 1 aromatic rings. The summed E-state index contributed by atoms with van der Waals surface area (Å²) >= 11 is 1.98. The van der Waals surface area contributed by atoms with Crippen LogP contribution < -0.4 is 10.1 Å². The van der Waals surface area contributed by atoms with E-state index >= 15 is 0 Å². The minimum Gasteiger partial charge on any atom is -0.473 e. The van der Waals surface area contributed by atoms with Crippen molar-refractivity contribution in [3.63, 3.8) is 0 Å². The lowest BCUT2D eigenvalue weighted by Gasteiger charge is -2.05. The lowest BCUT2D eigenvalue weighted by Crippen LogP contribution is -2.12. The molecule has 1 unspecified atom stereocenters. The summed E-state index contributed by atoms with van der Waals surface area (Å²) in [5.41, 5.74) is 1.40. The number of benzene rings is 1. The van der Waals surface area contributed by atoms with Crippen molar-refractivity contribution in [3.05, 3.63) is 42.6 Å². The molecule has 0 spiro atoms. The van der Waals surface area contributed by atoms with Crippen molar-refractivity contribution in [2.45, 2.75) is 5.25 Å². The molecular weight excluding hydrogens is 194 g/mol. The predicted molar refractivity (Wildman–Crippen MR) is 60.5 cm³/mol. The van der Waals surface area contributed by atoms with Gasteiger partial charge >= 0.3 is 0 Å². The molecule has 1 N–H and O–H groups in total. The molecule has 74 valence electrons. The van der Waals surface area contributed by atoms with Gasteiger partial charge in [0.2, 0.25) is 0 Å². The topological polar surface area (TPSA) is 21.3 Å². The number of nitrogens with one attached hydrogen (secondary N) is 1. The van der Waals surface area contributed by atoms with Crippen LogP contribution in [-0.4, -0.2) is 12.5 Å². The number of ether oxygens (including phenoxy) is 1. The highest BCUT2D eigenvalue weighted by molar-refractivity contribution is 8.06. The van der Waals surface area contributed by atoms with Crippen LogP contribution in [0.2, 0.25) is 0 Å². The second kappa shape index (κ2) is 4.42. The largest absolute Gasteiger partial charge is 0.473 e. The minimum absolute atomic E-state index is 0.473. The molecule has 1 saturated heterocycles. The van der Waals surface area contributed by atoms with Gasteiger partial charge in [-0.2, -0.15) is 11.8 Å². The second-order valence-electron chi connectivity index (χ2n) is 3.09. The normalized spacial score (nSPS) is 18.7. The first-order valence-electron chi connectivity index (χ1n) is 4.59. The third-order valence-corrected chi connectivity index (χ3v) is 2.99. The highest BCUT2D eigenvalue weighted by Crippen LogP contribution is 2.46. The molecule has 0 bridgehead atoms.